The second kappa shape index (κ2) is 3.18. The zero-order valence-corrected chi connectivity index (χ0v) is 6.73. The summed E-state index contributed by atoms with van der Waals surface area (Å²) in [6.07, 6.45) is 0.580. The van der Waals surface area contributed by atoms with Gasteiger partial charge < -0.3 is 10.4 Å². The van der Waals surface area contributed by atoms with Gasteiger partial charge in [0.25, 0.3) is 0 Å². The molecule has 0 aromatic rings. The molecule has 0 aliphatic rings. The van der Waals surface area contributed by atoms with Crippen molar-refractivity contribution in [2.75, 3.05) is 7.05 Å². The minimum Gasteiger partial charge on any atom is -0.393 e. The highest BCUT2D eigenvalue weighted by molar-refractivity contribution is 4.76. The van der Waals surface area contributed by atoms with Crippen molar-refractivity contribution in [1.29, 1.82) is 0 Å². The molecule has 0 saturated heterocycles. The minimum absolute atomic E-state index is 0.0637. The Hall–Kier alpha value is -0.0800. The van der Waals surface area contributed by atoms with E-state index in [0.29, 0.717) is 0 Å². The van der Waals surface area contributed by atoms with Crippen molar-refractivity contribution in [3.05, 3.63) is 0 Å². The molecular formula is C7H17NO. The third-order valence-electron chi connectivity index (χ3n) is 1.48. The predicted octanol–water partition coefficient (Wildman–Crippen LogP) is 0.755. The maximum absolute atomic E-state index is 8.98. The molecule has 0 bridgehead atoms. The van der Waals surface area contributed by atoms with Crippen LogP contribution in [0.15, 0.2) is 0 Å². The van der Waals surface area contributed by atoms with Gasteiger partial charge in [0.1, 0.15) is 0 Å². The maximum atomic E-state index is 8.98. The van der Waals surface area contributed by atoms with Crippen LogP contribution in [0.4, 0.5) is 0 Å². The standard InChI is InChI=1S/C7H17NO/c1-6(9)5-7(2,3)8-4/h6,8-9H,5H2,1-4H3/t6-/m1/s1. The van der Waals surface area contributed by atoms with Gasteiger partial charge in [-0.3, -0.25) is 0 Å². The average Bonchev–Trinajstić information content (AvgIpc) is 1.63. The quantitative estimate of drug-likeness (QED) is 0.592. The Morgan fingerprint density at radius 1 is 1.56 bits per heavy atom. The molecule has 0 aromatic heterocycles. The van der Waals surface area contributed by atoms with Crippen molar-refractivity contribution in [1.82, 2.24) is 5.32 Å². The summed E-state index contributed by atoms with van der Waals surface area (Å²) in [4.78, 5) is 0. The number of rotatable bonds is 3. The number of hydrogen-bond acceptors (Lipinski definition) is 2. The zero-order chi connectivity index (χ0) is 7.49. The van der Waals surface area contributed by atoms with Crippen molar-refractivity contribution in [3.8, 4) is 0 Å². The van der Waals surface area contributed by atoms with E-state index in [0.717, 1.165) is 6.42 Å². The third-order valence-corrected chi connectivity index (χ3v) is 1.48. The first-order valence-corrected chi connectivity index (χ1v) is 3.35. The van der Waals surface area contributed by atoms with Crippen LogP contribution in [0.5, 0.6) is 0 Å². The summed E-state index contributed by atoms with van der Waals surface area (Å²) in [5.74, 6) is 0. The first kappa shape index (κ1) is 8.92. The van der Waals surface area contributed by atoms with E-state index >= 15 is 0 Å². The van der Waals surface area contributed by atoms with E-state index in [2.05, 4.69) is 19.2 Å². The molecule has 0 aliphatic carbocycles. The Kier molecular flexibility index (Phi) is 3.15. The van der Waals surface area contributed by atoms with Crippen LogP contribution >= 0.6 is 0 Å². The molecule has 2 nitrogen and oxygen atoms in total. The fourth-order valence-corrected chi connectivity index (χ4v) is 0.841. The minimum atomic E-state index is -0.215. The lowest BCUT2D eigenvalue weighted by Crippen LogP contribution is -2.38. The fraction of sp³-hybridized carbons (Fsp3) is 1.00. The van der Waals surface area contributed by atoms with Crippen LogP contribution in [-0.2, 0) is 0 Å². The maximum Gasteiger partial charge on any atom is 0.0529 e. The monoisotopic (exact) mass is 131 g/mol. The SMILES string of the molecule is CNC(C)(C)C[C@@H](C)O. The van der Waals surface area contributed by atoms with Crippen LogP contribution in [0.3, 0.4) is 0 Å². The van der Waals surface area contributed by atoms with Crippen LogP contribution in [0.1, 0.15) is 27.2 Å². The van der Waals surface area contributed by atoms with Gasteiger partial charge in [-0.25, -0.2) is 0 Å². The molecule has 56 valence electrons. The second-order valence-electron chi connectivity index (χ2n) is 3.19. The van der Waals surface area contributed by atoms with E-state index in [1.165, 1.54) is 0 Å². The van der Waals surface area contributed by atoms with E-state index in [9.17, 15) is 0 Å². The Labute approximate surface area is 57.3 Å². The zero-order valence-electron chi connectivity index (χ0n) is 6.73. The first-order chi connectivity index (χ1) is 3.98. The molecule has 0 unspecified atom stereocenters. The van der Waals surface area contributed by atoms with E-state index < -0.39 is 0 Å². The molecule has 0 radical (unpaired) electrons. The number of aliphatic hydroxyl groups is 1. The Morgan fingerprint density at radius 2 is 2.00 bits per heavy atom. The smallest absolute Gasteiger partial charge is 0.0529 e. The highest BCUT2D eigenvalue weighted by Gasteiger charge is 2.16. The first-order valence-electron chi connectivity index (χ1n) is 3.35. The summed E-state index contributed by atoms with van der Waals surface area (Å²) in [5.41, 5.74) is 0.0637. The van der Waals surface area contributed by atoms with Gasteiger partial charge in [-0.2, -0.15) is 0 Å². The number of nitrogens with one attached hydrogen (secondary N) is 1. The molecular weight excluding hydrogens is 114 g/mol. The highest BCUT2D eigenvalue weighted by Crippen LogP contribution is 2.09. The Bertz CT molecular complexity index is 79.0. The fourth-order valence-electron chi connectivity index (χ4n) is 0.841. The molecule has 2 heteroatoms. The van der Waals surface area contributed by atoms with Gasteiger partial charge in [-0.15, -0.1) is 0 Å². The summed E-state index contributed by atoms with van der Waals surface area (Å²) < 4.78 is 0. The van der Waals surface area contributed by atoms with Gasteiger partial charge >= 0.3 is 0 Å². The van der Waals surface area contributed by atoms with Gasteiger partial charge in [-0.05, 0) is 34.2 Å². The molecule has 1 atom stereocenters. The topological polar surface area (TPSA) is 32.3 Å². The van der Waals surface area contributed by atoms with Gasteiger partial charge in [0, 0.05) is 5.54 Å². The lowest BCUT2D eigenvalue weighted by Gasteiger charge is -2.25. The van der Waals surface area contributed by atoms with Gasteiger partial charge in [0.2, 0.25) is 0 Å². The van der Waals surface area contributed by atoms with Crippen molar-refractivity contribution >= 4 is 0 Å². The number of aliphatic hydroxyl groups excluding tert-OH is 1. The molecule has 0 rings (SSSR count). The van der Waals surface area contributed by atoms with Crippen molar-refractivity contribution in [2.45, 2.75) is 38.8 Å². The summed E-state index contributed by atoms with van der Waals surface area (Å²) in [7, 11) is 1.91. The summed E-state index contributed by atoms with van der Waals surface area (Å²) in [5, 5.41) is 12.1. The molecule has 0 heterocycles. The molecule has 9 heavy (non-hydrogen) atoms. The molecule has 0 spiro atoms. The Morgan fingerprint density at radius 3 is 2.11 bits per heavy atom. The molecule has 0 amide bonds. The number of hydrogen-bond donors (Lipinski definition) is 2. The average molecular weight is 131 g/mol. The molecule has 2 N–H and O–H groups in total. The lowest BCUT2D eigenvalue weighted by atomic mass is 9.98. The third kappa shape index (κ3) is 4.43. The van der Waals surface area contributed by atoms with Crippen molar-refractivity contribution in [2.24, 2.45) is 0 Å². The van der Waals surface area contributed by atoms with E-state index in [-0.39, 0.29) is 11.6 Å². The van der Waals surface area contributed by atoms with E-state index in [4.69, 9.17) is 5.11 Å². The van der Waals surface area contributed by atoms with Crippen molar-refractivity contribution in [3.63, 3.8) is 0 Å². The van der Waals surface area contributed by atoms with Gasteiger partial charge in [0.05, 0.1) is 6.10 Å². The van der Waals surface area contributed by atoms with Crippen LogP contribution < -0.4 is 5.32 Å². The molecule has 0 saturated carbocycles. The highest BCUT2D eigenvalue weighted by atomic mass is 16.3. The second-order valence-corrected chi connectivity index (χ2v) is 3.19. The Balaban J connectivity index is 3.58. The van der Waals surface area contributed by atoms with Gasteiger partial charge in [-0.1, -0.05) is 0 Å². The summed E-state index contributed by atoms with van der Waals surface area (Å²) in [6.45, 7) is 5.94. The summed E-state index contributed by atoms with van der Waals surface area (Å²) in [6, 6.07) is 0. The van der Waals surface area contributed by atoms with E-state index in [1.54, 1.807) is 6.92 Å². The van der Waals surface area contributed by atoms with Crippen LogP contribution in [0.2, 0.25) is 0 Å². The normalized spacial score (nSPS) is 15.7. The summed E-state index contributed by atoms with van der Waals surface area (Å²) >= 11 is 0. The molecule has 0 aromatic carbocycles. The molecule has 0 fully saturated rings. The predicted molar refractivity (Wildman–Crippen MR) is 39.4 cm³/mol. The van der Waals surface area contributed by atoms with Crippen LogP contribution in [-0.4, -0.2) is 23.8 Å². The van der Waals surface area contributed by atoms with Crippen LogP contribution in [0, 0.1) is 0 Å². The largest absolute Gasteiger partial charge is 0.393 e. The van der Waals surface area contributed by atoms with E-state index in [1.807, 2.05) is 7.05 Å². The molecule has 0 aliphatic heterocycles. The van der Waals surface area contributed by atoms with Crippen LogP contribution in [0.25, 0.3) is 0 Å². The van der Waals surface area contributed by atoms with Crippen molar-refractivity contribution < 1.29 is 5.11 Å². The lowest BCUT2D eigenvalue weighted by molar-refractivity contribution is 0.148. The van der Waals surface area contributed by atoms with Gasteiger partial charge in [0.15, 0.2) is 0 Å².